The fourth-order valence-electron chi connectivity index (χ4n) is 0.832. The van der Waals surface area contributed by atoms with Crippen LogP contribution in [0.25, 0.3) is 0 Å². The summed E-state index contributed by atoms with van der Waals surface area (Å²) in [5.74, 6) is -2.10. The molecule has 0 unspecified atom stereocenters. The molecule has 0 radical (unpaired) electrons. The van der Waals surface area contributed by atoms with Crippen LogP contribution in [0.15, 0.2) is 0 Å². The fraction of sp³-hybridized carbons (Fsp3) is 0.800. The van der Waals surface area contributed by atoms with Crippen molar-refractivity contribution in [1.29, 1.82) is 0 Å². The van der Waals surface area contributed by atoms with Crippen LogP contribution in [0.3, 0.4) is 0 Å². The van der Waals surface area contributed by atoms with Gasteiger partial charge in [0, 0.05) is 4.57 Å². The highest BCUT2D eigenvalue weighted by Gasteiger charge is 2.37. The molecule has 0 amide bonds. The normalized spacial score (nSPS) is 14.2. The summed E-state index contributed by atoms with van der Waals surface area (Å²) in [4.78, 5) is 22.7. The van der Waals surface area contributed by atoms with Crippen molar-refractivity contribution in [2.75, 3.05) is 0 Å². The molecule has 0 saturated carbocycles. The van der Waals surface area contributed by atoms with E-state index < -0.39 is 32.3 Å². The maximum Gasteiger partial charge on any atom is 0.811 e. The van der Waals surface area contributed by atoms with Gasteiger partial charge in [0.2, 0.25) is 0 Å². The summed E-state index contributed by atoms with van der Waals surface area (Å²) in [6.45, 7) is 6.83. The molecule has 0 spiro atoms. The van der Waals surface area contributed by atoms with Gasteiger partial charge in [-0.15, -0.1) is 0 Å². The minimum Gasteiger partial charge on any atom is -0.318 e. The second kappa shape index (κ2) is 7.41. The van der Waals surface area contributed by atoms with E-state index in [2.05, 4.69) is 9.05 Å². The molecule has 0 saturated heterocycles. The second-order valence-corrected chi connectivity index (χ2v) is 5.40. The van der Waals surface area contributed by atoms with Gasteiger partial charge in [0.05, 0.1) is 0 Å². The van der Waals surface area contributed by atoms with Gasteiger partial charge in [0.15, 0.2) is 0 Å². The maximum absolute atomic E-state index is 11.3. The molecule has 104 valence electrons. The average molecular weight is 279 g/mol. The Hall–Kier alpha value is -1.04. The first-order valence-corrected chi connectivity index (χ1v) is 6.68. The molecule has 0 aromatic heterocycles. The van der Waals surface area contributed by atoms with Crippen LogP contribution in [0.2, 0.25) is 0 Å². The van der Waals surface area contributed by atoms with Crippen LogP contribution in [-0.2, 0) is 23.2 Å². The summed E-state index contributed by atoms with van der Waals surface area (Å²) < 4.78 is 20.1. The lowest BCUT2D eigenvalue weighted by molar-refractivity contribution is -0.140. The summed E-state index contributed by atoms with van der Waals surface area (Å²) in [6.07, 6.45) is 0. The molecule has 18 heavy (non-hydrogen) atoms. The Morgan fingerprint density at radius 3 is 1.39 bits per heavy atom. The van der Waals surface area contributed by atoms with Crippen LogP contribution in [0.5, 0.6) is 0 Å². The number of carbonyl (C=O) groups excluding carboxylic acids is 2. The lowest BCUT2D eigenvalue weighted by atomic mass is 10.1. The monoisotopic (exact) mass is 279 g/mol. The van der Waals surface area contributed by atoms with E-state index >= 15 is 0 Å². The molecule has 0 aliphatic heterocycles. The van der Waals surface area contributed by atoms with Crippen molar-refractivity contribution in [3.8, 4) is 0 Å². The Morgan fingerprint density at radius 2 is 1.17 bits per heavy atom. The predicted molar refractivity (Wildman–Crippen MR) is 65.4 cm³/mol. The Balaban J connectivity index is 4.28. The third kappa shape index (κ3) is 5.53. The highest BCUT2D eigenvalue weighted by molar-refractivity contribution is 7.34. The molecule has 8 heteroatoms. The number of rotatable bonds is 6. The number of hydrogen-bond donors (Lipinski definition) is 2. The third-order valence-corrected chi connectivity index (χ3v) is 2.97. The second-order valence-electron chi connectivity index (χ2n) is 4.58. The first kappa shape index (κ1) is 17.0. The van der Waals surface area contributed by atoms with E-state index in [-0.39, 0.29) is 11.8 Å². The van der Waals surface area contributed by atoms with E-state index in [1.807, 2.05) is 0 Å². The van der Waals surface area contributed by atoms with Gasteiger partial charge in [-0.1, -0.05) is 27.7 Å². The topological polar surface area (TPSA) is 122 Å². The van der Waals surface area contributed by atoms with Crippen LogP contribution in [0, 0.1) is 11.8 Å². The quantitative estimate of drug-likeness (QED) is 0.686. The maximum atomic E-state index is 11.3. The predicted octanol–water partition coefficient (Wildman–Crippen LogP) is 0.697. The van der Waals surface area contributed by atoms with E-state index in [9.17, 15) is 14.2 Å². The molecule has 4 N–H and O–H groups in total. The molecule has 0 heterocycles. The molecule has 2 atom stereocenters. The third-order valence-electron chi connectivity index (χ3n) is 2.31. The Morgan fingerprint density at radius 1 is 0.889 bits per heavy atom. The molecule has 7 nitrogen and oxygen atoms in total. The van der Waals surface area contributed by atoms with Gasteiger partial charge >= 0.3 is 20.2 Å². The van der Waals surface area contributed by atoms with Crippen LogP contribution >= 0.6 is 8.25 Å². The summed E-state index contributed by atoms with van der Waals surface area (Å²) >= 11 is 0. The first-order chi connectivity index (χ1) is 8.16. The van der Waals surface area contributed by atoms with Crippen LogP contribution in [-0.4, -0.2) is 24.0 Å². The molecule has 0 aliphatic rings. The largest absolute Gasteiger partial charge is 0.811 e. The van der Waals surface area contributed by atoms with Crippen LogP contribution in [0.4, 0.5) is 0 Å². The van der Waals surface area contributed by atoms with Crippen LogP contribution < -0.4 is 11.5 Å². The lowest BCUT2D eigenvalue weighted by Crippen LogP contribution is -2.37. The van der Waals surface area contributed by atoms with Crippen molar-refractivity contribution in [3.05, 3.63) is 0 Å². The van der Waals surface area contributed by atoms with E-state index in [1.54, 1.807) is 27.7 Å². The zero-order valence-corrected chi connectivity index (χ0v) is 11.8. The molecular weight excluding hydrogens is 259 g/mol. The van der Waals surface area contributed by atoms with Gasteiger partial charge in [-0.2, -0.15) is 9.05 Å². The Bertz CT molecular complexity index is 302. The van der Waals surface area contributed by atoms with Crippen molar-refractivity contribution in [3.63, 3.8) is 0 Å². The van der Waals surface area contributed by atoms with E-state index in [0.29, 0.717) is 0 Å². The Labute approximate surface area is 107 Å². The van der Waals surface area contributed by atoms with Gasteiger partial charge in [-0.25, -0.2) is 9.59 Å². The lowest BCUT2D eigenvalue weighted by Gasteiger charge is -2.10. The summed E-state index contributed by atoms with van der Waals surface area (Å²) in [5.41, 5.74) is 11.0. The zero-order valence-electron chi connectivity index (χ0n) is 11.0. The number of carbonyl (C=O) groups is 2. The van der Waals surface area contributed by atoms with E-state index in [1.165, 1.54) is 0 Å². The van der Waals surface area contributed by atoms with E-state index in [0.717, 1.165) is 0 Å². The fourth-order valence-corrected chi connectivity index (χ4v) is 1.41. The van der Waals surface area contributed by atoms with Crippen molar-refractivity contribution >= 4 is 20.2 Å². The van der Waals surface area contributed by atoms with Gasteiger partial charge in [0.25, 0.3) is 0 Å². The van der Waals surface area contributed by atoms with Crippen molar-refractivity contribution < 1.29 is 23.2 Å². The molecule has 0 aromatic rings. The zero-order chi connectivity index (χ0) is 14.5. The van der Waals surface area contributed by atoms with Crippen molar-refractivity contribution in [1.82, 2.24) is 0 Å². The highest BCUT2D eigenvalue weighted by atomic mass is 31.1. The smallest absolute Gasteiger partial charge is 0.318 e. The van der Waals surface area contributed by atoms with Crippen LogP contribution in [0.1, 0.15) is 27.7 Å². The number of nitrogens with two attached hydrogens (primary N) is 2. The first-order valence-electron chi connectivity index (χ1n) is 5.58. The van der Waals surface area contributed by atoms with Gasteiger partial charge in [0.1, 0.15) is 12.1 Å². The van der Waals surface area contributed by atoms with E-state index in [4.69, 9.17) is 11.5 Å². The minimum absolute atomic E-state index is 0.172. The summed E-state index contributed by atoms with van der Waals surface area (Å²) in [7, 11) is -2.88. The minimum atomic E-state index is -2.88. The average Bonchev–Trinajstić information content (AvgIpc) is 2.25. The van der Waals surface area contributed by atoms with Crippen molar-refractivity contribution in [2.45, 2.75) is 39.8 Å². The SMILES string of the molecule is CC(C)[C@H](N)C(=O)O[P+](=O)OC(=O)[C@@H](N)C(C)C. The molecule has 0 bridgehead atoms. The molecule has 0 rings (SSSR count). The van der Waals surface area contributed by atoms with Gasteiger partial charge in [-0.05, 0) is 11.8 Å². The molecule has 0 aromatic carbocycles. The molecule has 0 fully saturated rings. The number of hydrogen-bond acceptors (Lipinski definition) is 7. The molecular formula is C10H20N2O5P+. The van der Waals surface area contributed by atoms with Gasteiger partial charge < -0.3 is 11.5 Å². The summed E-state index contributed by atoms with van der Waals surface area (Å²) in [5, 5.41) is 0. The summed E-state index contributed by atoms with van der Waals surface area (Å²) in [6, 6.07) is -1.83. The highest BCUT2D eigenvalue weighted by Crippen LogP contribution is 2.26. The van der Waals surface area contributed by atoms with Crippen molar-refractivity contribution in [2.24, 2.45) is 23.3 Å². The standard InChI is InChI=1S/C10H20N2O5P/c1-5(2)7(11)9(13)16-18(15)17-10(14)8(12)6(3)4/h5-8H,11-12H2,1-4H3/q+1/t7-,8-/m0/s1. The molecule has 0 aliphatic carbocycles. The Kier molecular flexibility index (Phi) is 6.98. The van der Waals surface area contributed by atoms with Gasteiger partial charge in [-0.3, -0.25) is 0 Å².